The molecule has 2 heteroatoms. The van der Waals surface area contributed by atoms with Crippen LogP contribution < -0.4 is 5.32 Å². The fourth-order valence-electron chi connectivity index (χ4n) is 3.60. The molecule has 24 heavy (non-hydrogen) atoms. The first-order chi connectivity index (χ1) is 11.7. The van der Waals surface area contributed by atoms with Crippen LogP contribution in [0.2, 0.25) is 0 Å². The molecule has 0 spiro atoms. The SMILES string of the molecule is Cc1ccc(Cn2cc(C3=CCNCC3)c3ccccc32)cc1C. The van der Waals surface area contributed by atoms with Crippen LogP contribution in [0.4, 0.5) is 0 Å². The highest BCUT2D eigenvalue weighted by Gasteiger charge is 2.13. The number of hydrogen-bond acceptors (Lipinski definition) is 1. The highest BCUT2D eigenvalue weighted by Crippen LogP contribution is 2.30. The highest BCUT2D eigenvalue weighted by molar-refractivity contribution is 5.93. The Labute approximate surface area is 143 Å². The number of nitrogens with zero attached hydrogens (tertiary/aromatic N) is 1. The molecule has 0 aliphatic carbocycles. The van der Waals surface area contributed by atoms with Crippen molar-refractivity contribution in [3.63, 3.8) is 0 Å². The van der Waals surface area contributed by atoms with Gasteiger partial charge in [0.25, 0.3) is 0 Å². The van der Waals surface area contributed by atoms with Crippen molar-refractivity contribution in [3.8, 4) is 0 Å². The third-order valence-corrected chi connectivity index (χ3v) is 5.12. The number of aromatic nitrogens is 1. The van der Waals surface area contributed by atoms with Gasteiger partial charge in [-0.05, 0) is 55.1 Å². The lowest BCUT2D eigenvalue weighted by Gasteiger charge is -2.13. The topological polar surface area (TPSA) is 17.0 Å². The molecule has 1 aliphatic heterocycles. The summed E-state index contributed by atoms with van der Waals surface area (Å²) in [5.41, 5.74) is 8.29. The van der Waals surface area contributed by atoms with E-state index < -0.39 is 0 Å². The molecule has 0 bridgehead atoms. The molecule has 1 aliphatic rings. The Morgan fingerprint density at radius 1 is 1.04 bits per heavy atom. The Bertz CT molecular complexity index is 915. The van der Waals surface area contributed by atoms with Gasteiger partial charge >= 0.3 is 0 Å². The van der Waals surface area contributed by atoms with E-state index >= 15 is 0 Å². The van der Waals surface area contributed by atoms with Crippen LogP contribution in [0.1, 0.15) is 28.7 Å². The van der Waals surface area contributed by atoms with E-state index in [0.29, 0.717) is 0 Å². The van der Waals surface area contributed by atoms with Gasteiger partial charge in [-0.2, -0.15) is 0 Å². The minimum atomic E-state index is 0.924. The molecule has 2 aromatic carbocycles. The molecule has 0 fully saturated rings. The van der Waals surface area contributed by atoms with Gasteiger partial charge in [0.1, 0.15) is 0 Å². The summed E-state index contributed by atoms with van der Waals surface area (Å²) in [7, 11) is 0. The summed E-state index contributed by atoms with van der Waals surface area (Å²) >= 11 is 0. The molecule has 1 aromatic heterocycles. The van der Waals surface area contributed by atoms with Gasteiger partial charge < -0.3 is 9.88 Å². The number of benzene rings is 2. The van der Waals surface area contributed by atoms with E-state index in [4.69, 9.17) is 0 Å². The van der Waals surface area contributed by atoms with E-state index in [1.54, 1.807) is 0 Å². The van der Waals surface area contributed by atoms with Gasteiger partial charge in [0.05, 0.1) is 0 Å². The molecular formula is C22H24N2. The molecule has 122 valence electrons. The Morgan fingerprint density at radius 2 is 1.92 bits per heavy atom. The van der Waals surface area contributed by atoms with Gasteiger partial charge in [0.15, 0.2) is 0 Å². The second kappa shape index (κ2) is 6.29. The van der Waals surface area contributed by atoms with Gasteiger partial charge in [0.2, 0.25) is 0 Å². The lowest BCUT2D eigenvalue weighted by atomic mass is 10.00. The molecule has 0 radical (unpaired) electrons. The van der Waals surface area contributed by atoms with Crippen LogP contribution in [0.15, 0.2) is 54.7 Å². The van der Waals surface area contributed by atoms with Crippen molar-refractivity contribution in [1.29, 1.82) is 0 Å². The average Bonchev–Trinajstić information content (AvgIpc) is 2.98. The van der Waals surface area contributed by atoms with Crippen LogP contribution in [-0.4, -0.2) is 17.7 Å². The normalized spacial score (nSPS) is 14.8. The fourth-order valence-corrected chi connectivity index (χ4v) is 3.60. The lowest BCUT2D eigenvalue weighted by Crippen LogP contribution is -2.19. The number of hydrogen-bond donors (Lipinski definition) is 1. The predicted octanol–water partition coefficient (Wildman–Crippen LogP) is 4.68. The molecule has 0 unspecified atom stereocenters. The van der Waals surface area contributed by atoms with Crippen LogP contribution >= 0.6 is 0 Å². The summed E-state index contributed by atoms with van der Waals surface area (Å²) in [6.07, 6.45) is 5.79. The first kappa shape index (κ1) is 15.2. The molecular weight excluding hydrogens is 292 g/mol. The minimum absolute atomic E-state index is 0.924. The number of rotatable bonds is 3. The van der Waals surface area contributed by atoms with E-state index in [2.05, 4.69) is 78.5 Å². The minimum Gasteiger partial charge on any atom is -0.342 e. The van der Waals surface area contributed by atoms with Crippen molar-refractivity contribution >= 4 is 16.5 Å². The molecule has 0 amide bonds. The van der Waals surface area contributed by atoms with Crippen LogP contribution in [0.5, 0.6) is 0 Å². The maximum Gasteiger partial charge on any atom is 0.0489 e. The van der Waals surface area contributed by atoms with Crippen molar-refractivity contribution in [3.05, 3.63) is 77.0 Å². The Hall–Kier alpha value is -2.32. The zero-order valence-corrected chi connectivity index (χ0v) is 14.5. The summed E-state index contributed by atoms with van der Waals surface area (Å²) in [6, 6.07) is 15.6. The summed E-state index contributed by atoms with van der Waals surface area (Å²) in [6.45, 7) is 7.34. The van der Waals surface area contributed by atoms with E-state index in [-0.39, 0.29) is 0 Å². The zero-order valence-electron chi connectivity index (χ0n) is 14.5. The summed E-state index contributed by atoms with van der Waals surface area (Å²) in [5, 5.41) is 4.78. The first-order valence-corrected chi connectivity index (χ1v) is 8.76. The Morgan fingerprint density at radius 3 is 2.71 bits per heavy atom. The Balaban J connectivity index is 1.78. The second-order valence-corrected chi connectivity index (χ2v) is 6.79. The summed E-state index contributed by atoms with van der Waals surface area (Å²) < 4.78 is 2.40. The number of para-hydroxylation sites is 1. The molecule has 2 heterocycles. The zero-order chi connectivity index (χ0) is 16.5. The third-order valence-electron chi connectivity index (χ3n) is 5.12. The molecule has 1 N–H and O–H groups in total. The van der Waals surface area contributed by atoms with E-state index in [1.807, 2.05) is 0 Å². The second-order valence-electron chi connectivity index (χ2n) is 6.79. The Kier molecular flexibility index (Phi) is 3.99. The molecule has 3 aromatic rings. The van der Waals surface area contributed by atoms with Gasteiger partial charge in [0, 0.05) is 35.8 Å². The maximum absolute atomic E-state index is 3.41. The monoisotopic (exact) mass is 316 g/mol. The molecule has 0 saturated carbocycles. The molecule has 0 atom stereocenters. The molecule has 2 nitrogen and oxygen atoms in total. The van der Waals surface area contributed by atoms with Crippen LogP contribution in [-0.2, 0) is 6.54 Å². The first-order valence-electron chi connectivity index (χ1n) is 8.76. The standard InChI is InChI=1S/C22H24N2/c1-16-7-8-18(13-17(16)2)14-24-15-21(19-9-11-23-12-10-19)20-5-3-4-6-22(20)24/h3-9,13,15,23H,10-12,14H2,1-2H3. The van der Waals surface area contributed by atoms with E-state index in [9.17, 15) is 0 Å². The molecule has 4 rings (SSSR count). The van der Waals surface area contributed by atoms with Gasteiger partial charge in [-0.3, -0.25) is 0 Å². The van der Waals surface area contributed by atoms with Crippen molar-refractivity contribution in [2.24, 2.45) is 0 Å². The van der Waals surface area contributed by atoms with Gasteiger partial charge in [-0.25, -0.2) is 0 Å². The van der Waals surface area contributed by atoms with Crippen molar-refractivity contribution in [1.82, 2.24) is 9.88 Å². The van der Waals surface area contributed by atoms with E-state index in [1.165, 1.54) is 38.7 Å². The highest BCUT2D eigenvalue weighted by atomic mass is 15.0. The maximum atomic E-state index is 3.41. The fraction of sp³-hybridized carbons (Fsp3) is 0.273. The lowest BCUT2D eigenvalue weighted by molar-refractivity contribution is 0.738. The van der Waals surface area contributed by atoms with Crippen molar-refractivity contribution in [2.75, 3.05) is 13.1 Å². The van der Waals surface area contributed by atoms with Crippen molar-refractivity contribution < 1.29 is 0 Å². The van der Waals surface area contributed by atoms with Crippen LogP contribution in [0, 0.1) is 13.8 Å². The summed E-state index contributed by atoms with van der Waals surface area (Å²) in [5.74, 6) is 0. The smallest absolute Gasteiger partial charge is 0.0489 e. The quantitative estimate of drug-likeness (QED) is 0.742. The van der Waals surface area contributed by atoms with Crippen LogP contribution in [0.25, 0.3) is 16.5 Å². The number of fused-ring (bicyclic) bond motifs is 1. The van der Waals surface area contributed by atoms with E-state index in [0.717, 1.165) is 26.1 Å². The molecule has 0 saturated heterocycles. The third kappa shape index (κ3) is 2.78. The number of aryl methyl sites for hydroxylation is 2. The van der Waals surface area contributed by atoms with Gasteiger partial charge in [-0.1, -0.05) is 42.5 Å². The number of nitrogens with one attached hydrogen (secondary N) is 1. The average molecular weight is 316 g/mol. The largest absolute Gasteiger partial charge is 0.342 e. The van der Waals surface area contributed by atoms with Gasteiger partial charge in [-0.15, -0.1) is 0 Å². The van der Waals surface area contributed by atoms with Crippen molar-refractivity contribution in [2.45, 2.75) is 26.8 Å². The summed E-state index contributed by atoms with van der Waals surface area (Å²) in [4.78, 5) is 0. The van der Waals surface area contributed by atoms with Crippen LogP contribution in [0.3, 0.4) is 0 Å². The predicted molar refractivity (Wildman–Crippen MR) is 102 cm³/mol.